The number of unbranched alkanes of at least 4 members (excludes halogenated alkanes) is 5. The molecule has 6 nitrogen and oxygen atoms in total. The molecule has 6 N–H and O–H groups in total. The summed E-state index contributed by atoms with van der Waals surface area (Å²) in [5, 5.41) is 20.8. The van der Waals surface area contributed by atoms with E-state index in [1.165, 1.54) is 25.7 Å². The van der Waals surface area contributed by atoms with Crippen LogP contribution in [0, 0.1) is 0 Å². The van der Waals surface area contributed by atoms with Crippen molar-refractivity contribution in [3.63, 3.8) is 0 Å². The van der Waals surface area contributed by atoms with E-state index in [2.05, 4.69) is 12.7 Å². The molecule has 126 valence electrons. The third-order valence-corrected chi connectivity index (χ3v) is 3.82. The minimum Gasteiger partial charge on any atom is -0.544 e. The summed E-state index contributed by atoms with van der Waals surface area (Å²) in [6, 6.07) is 0. The number of ether oxygens (including phenoxy) is 1. The first-order valence-electron chi connectivity index (χ1n) is 8.01. The molecule has 0 radical (unpaired) electrons. The molecule has 0 aliphatic heterocycles. The zero-order valence-electron chi connectivity index (χ0n) is 13.3. The number of hydrogen-bond donors (Lipinski definition) is 3. The van der Waals surface area contributed by atoms with Crippen LogP contribution in [0.3, 0.4) is 0 Å². The molecule has 2 unspecified atom stereocenters. The second kappa shape index (κ2) is 11.9. The maximum atomic E-state index is 10.9. The van der Waals surface area contributed by atoms with Crippen LogP contribution in [-0.4, -0.2) is 42.5 Å². The number of aliphatic carboxylic acids is 1. The molecule has 6 heteroatoms. The van der Waals surface area contributed by atoms with Crippen LogP contribution in [0.2, 0.25) is 0 Å². The Labute approximate surface area is 127 Å². The zero-order chi connectivity index (χ0) is 16.1. The molecular weight excluding hydrogens is 272 g/mol. The van der Waals surface area contributed by atoms with E-state index in [1.807, 2.05) is 0 Å². The van der Waals surface area contributed by atoms with Gasteiger partial charge in [0.2, 0.25) is 0 Å². The first kappa shape index (κ1) is 20.3. The van der Waals surface area contributed by atoms with Crippen molar-refractivity contribution < 1.29 is 25.5 Å². The third-order valence-electron chi connectivity index (χ3n) is 3.82. The van der Waals surface area contributed by atoms with Crippen molar-refractivity contribution >= 4 is 5.97 Å². The van der Waals surface area contributed by atoms with Gasteiger partial charge in [-0.25, -0.2) is 0 Å². The maximum Gasteiger partial charge on any atom is 0.173 e. The molecule has 0 heterocycles. The van der Waals surface area contributed by atoms with Gasteiger partial charge in [0.25, 0.3) is 0 Å². The van der Waals surface area contributed by atoms with E-state index in [0.717, 1.165) is 19.4 Å². The second-order valence-corrected chi connectivity index (χ2v) is 5.69. The molecule has 0 bridgehead atoms. The van der Waals surface area contributed by atoms with E-state index in [4.69, 9.17) is 10.5 Å². The molecule has 0 aliphatic carbocycles. The first-order valence-corrected chi connectivity index (χ1v) is 8.01. The average Bonchev–Trinajstić information content (AvgIpc) is 2.47. The summed E-state index contributed by atoms with van der Waals surface area (Å²) in [7, 11) is 0. The van der Waals surface area contributed by atoms with Crippen LogP contribution in [0.25, 0.3) is 0 Å². The fourth-order valence-electron chi connectivity index (χ4n) is 2.08. The summed E-state index contributed by atoms with van der Waals surface area (Å²) in [4.78, 5) is 10.9. The fourth-order valence-corrected chi connectivity index (χ4v) is 2.08. The lowest BCUT2D eigenvalue weighted by Crippen LogP contribution is -2.87. The number of carboxylic acids is 1. The molecule has 2 atom stereocenters. The molecule has 21 heavy (non-hydrogen) atoms. The highest BCUT2D eigenvalue weighted by Gasteiger charge is 2.37. The van der Waals surface area contributed by atoms with E-state index in [-0.39, 0.29) is 6.54 Å². The van der Waals surface area contributed by atoms with Crippen molar-refractivity contribution in [3.05, 3.63) is 0 Å². The van der Waals surface area contributed by atoms with Gasteiger partial charge in [0.1, 0.15) is 12.1 Å². The Morgan fingerprint density at radius 2 is 1.81 bits per heavy atom. The number of rotatable bonds is 14. The van der Waals surface area contributed by atoms with Crippen LogP contribution < -0.4 is 16.6 Å². The Bertz CT molecular complexity index is 276. The smallest absolute Gasteiger partial charge is 0.173 e. The van der Waals surface area contributed by atoms with Crippen molar-refractivity contribution in [2.24, 2.45) is 5.73 Å². The number of aliphatic hydroxyl groups is 1. The molecule has 0 aromatic carbocycles. The van der Waals surface area contributed by atoms with E-state index in [9.17, 15) is 15.0 Å². The molecule has 0 rings (SSSR count). The van der Waals surface area contributed by atoms with Crippen molar-refractivity contribution in [3.8, 4) is 0 Å². The molecule has 0 spiro atoms. The largest absolute Gasteiger partial charge is 0.544 e. The van der Waals surface area contributed by atoms with Gasteiger partial charge >= 0.3 is 0 Å². The van der Waals surface area contributed by atoms with Crippen LogP contribution in [0.4, 0.5) is 0 Å². The summed E-state index contributed by atoms with van der Waals surface area (Å²) >= 11 is 0. The fraction of sp³-hybridized carbons (Fsp3) is 0.933. The van der Waals surface area contributed by atoms with Crippen molar-refractivity contribution in [1.29, 1.82) is 0 Å². The topological polar surface area (TPSA) is 123 Å². The highest BCUT2D eigenvalue weighted by atomic mass is 16.5. The predicted molar refractivity (Wildman–Crippen MR) is 79.1 cm³/mol. The van der Waals surface area contributed by atoms with Crippen molar-refractivity contribution in [2.75, 3.05) is 19.8 Å². The SMILES string of the molecule is CCCCCCCOCCCCC(O)C([NH3+])(CN)C(=O)[O-]. The first-order chi connectivity index (χ1) is 9.99. The van der Waals surface area contributed by atoms with Gasteiger partial charge < -0.3 is 31.2 Å². The zero-order valence-corrected chi connectivity index (χ0v) is 13.3. The van der Waals surface area contributed by atoms with Crippen LogP contribution in [0.1, 0.15) is 58.3 Å². The summed E-state index contributed by atoms with van der Waals surface area (Å²) in [6.45, 7) is 3.37. The molecular formula is C15H32N2O4. The average molecular weight is 304 g/mol. The monoisotopic (exact) mass is 304 g/mol. The quantitative estimate of drug-likeness (QED) is 0.362. The number of quaternary nitrogens is 1. The lowest BCUT2D eigenvalue weighted by Gasteiger charge is -2.30. The van der Waals surface area contributed by atoms with Gasteiger partial charge in [0.05, 0.1) is 6.54 Å². The van der Waals surface area contributed by atoms with Gasteiger partial charge in [-0.15, -0.1) is 0 Å². The van der Waals surface area contributed by atoms with Gasteiger partial charge in [-0.2, -0.15) is 0 Å². The highest BCUT2D eigenvalue weighted by molar-refractivity contribution is 5.75. The number of carbonyl (C=O) groups is 1. The lowest BCUT2D eigenvalue weighted by atomic mass is 9.90. The molecule has 0 aliphatic rings. The summed E-state index contributed by atoms with van der Waals surface area (Å²) < 4.78 is 5.50. The van der Waals surface area contributed by atoms with Gasteiger partial charge in [-0.3, -0.25) is 0 Å². The molecule has 0 aromatic rings. The van der Waals surface area contributed by atoms with E-state index >= 15 is 0 Å². The highest BCUT2D eigenvalue weighted by Crippen LogP contribution is 2.11. The number of hydrogen-bond acceptors (Lipinski definition) is 5. The second-order valence-electron chi connectivity index (χ2n) is 5.69. The molecule has 0 saturated heterocycles. The van der Waals surface area contributed by atoms with E-state index in [0.29, 0.717) is 19.4 Å². The predicted octanol–water partition coefficient (Wildman–Crippen LogP) is -0.806. The Morgan fingerprint density at radius 1 is 1.24 bits per heavy atom. The van der Waals surface area contributed by atoms with Gasteiger partial charge in [-0.05, 0) is 25.7 Å². The summed E-state index contributed by atoms with van der Waals surface area (Å²) in [6.07, 6.45) is 6.81. The lowest BCUT2D eigenvalue weighted by molar-refractivity contribution is -0.498. The van der Waals surface area contributed by atoms with Crippen LogP contribution in [0.15, 0.2) is 0 Å². The molecule has 0 amide bonds. The normalized spacial score (nSPS) is 15.6. The summed E-state index contributed by atoms with van der Waals surface area (Å²) in [5.74, 6) is -1.40. The van der Waals surface area contributed by atoms with Gasteiger partial charge in [0.15, 0.2) is 5.54 Å². The van der Waals surface area contributed by atoms with Gasteiger partial charge in [0, 0.05) is 13.2 Å². The maximum absolute atomic E-state index is 10.9. The Kier molecular flexibility index (Phi) is 11.5. The van der Waals surface area contributed by atoms with Crippen LogP contribution >= 0.6 is 0 Å². The minimum atomic E-state index is -1.61. The standard InChI is InChI=1S/C15H32N2O4/c1-2-3-4-5-7-10-21-11-8-6-9-13(18)15(17,12-16)14(19)20/h13,18H,2-12,16-17H2,1H3,(H,19,20). The Balaban J connectivity index is 3.56. The van der Waals surface area contributed by atoms with Crippen LogP contribution in [0.5, 0.6) is 0 Å². The Morgan fingerprint density at radius 3 is 2.33 bits per heavy atom. The Hall–Kier alpha value is -0.690. The summed E-state index contributed by atoms with van der Waals surface area (Å²) in [5.41, 5.74) is 7.23. The number of aliphatic hydroxyl groups excluding tert-OH is 1. The number of carbonyl (C=O) groups excluding carboxylic acids is 1. The van der Waals surface area contributed by atoms with Gasteiger partial charge in [-0.1, -0.05) is 32.6 Å². The molecule has 0 fully saturated rings. The van der Waals surface area contributed by atoms with Crippen molar-refractivity contribution in [2.45, 2.75) is 69.9 Å². The van der Waals surface area contributed by atoms with E-state index < -0.39 is 17.6 Å². The molecule has 0 aromatic heterocycles. The third kappa shape index (κ3) is 8.36. The number of carboxylic acid groups (broad SMARTS) is 1. The van der Waals surface area contributed by atoms with E-state index in [1.54, 1.807) is 0 Å². The number of nitrogens with two attached hydrogens (primary N) is 1. The minimum absolute atomic E-state index is 0.231. The van der Waals surface area contributed by atoms with Crippen molar-refractivity contribution in [1.82, 2.24) is 0 Å². The molecule has 0 saturated carbocycles. The van der Waals surface area contributed by atoms with Crippen LogP contribution in [-0.2, 0) is 9.53 Å².